The average molecular weight is 284 g/mol. The number of carbonyl (C=O) groups is 2. The van der Waals surface area contributed by atoms with Gasteiger partial charge in [0.05, 0.1) is 11.7 Å². The Bertz CT molecular complexity index is 618. The highest BCUT2D eigenvalue weighted by molar-refractivity contribution is 5.96. The lowest BCUT2D eigenvalue weighted by Gasteiger charge is -2.07. The van der Waals surface area contributed by atoms with Crippen molar-refractivity contribution in [1.82, 2.24) is 0 Å². The summed E-state index contributed by atoms with van der Waals surface area (Å²) in [6, 6.07) is 12.2. The summed E-state index contributed by atoms with van der Waals surface area (Å²) in [6.45, 7) is 3.87. The highest BCUT2D eigenvalue weighted by atomic mass is 16.5. The van der Waals surface area contributed by atoms with E-state index in [-0.39, 0.29) is 24.4 Å². The van der Waals surface area contributed by atoms with Crippen LogP contribution in [0.2, 0.25) is 0 Å². The van der Waals surface area contributed by atoms with Crippen molar-refractivity contribution in [3.8, 4) is 0 Å². The monoisotopic (exact) mass is 284 g/mol. The van der Waals surface area contributed by atoms with Crippen LogP contribution in [0.3, 0.4) is 0 Å². The van der Waals surface area contributed by atoms with Crippen molar-refractivity contribution in [3.63, 3.8) is 0 Å². The van der Waals surface area contributed by atoms with E-state index in [2.05, 4.69) is 0 Å². The topological polar surface area (TPSA) is 47.3 Å². The molecule has 0 saturated carbocycles. The van der Waals surface area contributed by atoms with Gasteiger partial charge in [0, 0.05) is 17.7 Å². The molecule has 0 saturated heterocycles. The minimum atomic E-state index is -0.374. The summed E-state index contributed by atoms with van der Waals surface area (Å²) in [5.74, 6) is -0.378. The van der Waals surface area contributed by atoms with Gasteiger partial charge >= 0.3 is 5.97 Å². The zero-order chi connectivity index (χ0) is 15.2. The highest BCUT2D eigenvalue weighted by Crippen LogP contribution is 2.08. The van der Waals surface area contributed by atoms with Crippen LogP contribution in [-0.2, 0) is 11.3 Å². The Kier molecular flexibility index (Phi) is 4.82. The molecule has 0 radical (unpaired) electrons. The Morgan fingerprint density at radius 2 is 1.57 bits per heavy atom. The van der Waals surface area contributed by atoms with E-state index < -0.39 is 0 Å². The smallest absolute Gasteiger partial charge is 0.338 e. The molecular formula is C17H18NO3+. The van der Waals surface area contributed by atoms with Crippen molar-refractivity contribution in [3.05, 3.63) is 66.0 Å². The fourth-order valence-electron chi connectivity index (χ4n) is 1.87. The number of rotatable bonds is 5. The van der Waals surface area contributed by atoms with Gasteiger partial charge in [0.2, 0.25) is 12.3 Å². The Hall–Kier alpha value is -2.49. The van der Waals surface area contributed by atoms with Crippen LogP contribution in [0.5, 0.6) is 0 Å². The number of hydrogen-bond donors (Lipinski definition) is 0. The maximum atomic E-state index is 12.1. The normalized spacial score (nSPS) is 10.4. The number of ether oxygens (including phenoxy) is 1. The lowest BCUT2D eigenvalue weighted by Crippen LogP contribution is -2.36. The van der Waals surface area contributed by atoms with E-state index in [1.165, 1.54) is 0 Å². The van der Waals surface area contributed by atoms with Gasteiger partial charge in [-0.25, -0.2) is 4.79 Å². The number of aromatic nitrogens is 1. The molecule has 0 spiro atoms. The molecule has 4 nitrogen and oxygen atoms in total. The Balaban J connectivity index is 2.05. The van der Waals surface area contributed by atoms with E-state index >= 15 is 0 Å². The van der Waals surface area contributed by atoms with Crippen LogP contribution in [-0.4, -0.2) is 17.9 Å². The lowest BCUT2D eigenvalue weighted by atomic mass is 10.1. The molecule has 2 aromatic rings. The molecule has 0 aliphatic heterocycles. The van der Waals surface area contributed by atoms with E-state index in [1.807, 2.05) is 35.2 Å². The lowest BCUT2D eigenvalue weighted by molar-refractivity contribution is -0.683. The van der Waals surface area contributed by atoms with Crippen LogP contribution in [0, 0.1) is 0 Å². The maximum absolute atomic E-state index is 12.1. The van der Waals surface area contributed by atoms with Gasteiger partial charge in [-0.15, -0.1) is 0 Å². The molecule has 0 N–H and O–H groups in total. The van der Waals surface area contributed by atoms with Crippen LogP contribution in [0.15, 0.2) is 54.9 Å². The third-order valence-corrected chi connectivity index (χ3v) is 2.89. The second-order valence-corrected chi connectivity index (χ2v) is 5.00. The minimum Gasteiger partial charge on any atom is -0.459 e. The van der Waals surface area contributed by atoms with E-state index in [0.29, 0.717) is 11.1 Å². The molecule has 21 heavy (non-hydrogen) atoms. The molecule has 4 heteroatoms. The molecule has 0 unspecified atom stereocenters. The van der Waals surface area contributed by atoms with Crippen LogP contribution in [0.25, 0.3) is 0 Å². The first kappa shape index (κ1) is 14.9. The summed E-state index contributed by atoms with van der Waals surface area (Å²) in [6.07, 6.45) is 3.52. The minimum absolute atomic E-state index is 0.00465. The van der Waals surface area contributed by atoms with Crippen molar-refractivity contribution < 1.29 is 18.9 Å². The van der Waals surface area contributed by atoms with Crippen LogP contribution < -0.4 is 4.57 Å². The van der Waals surface area contributed by atoms with Crippen LogP contribution in [0.4, 0.5) is 0 Å². The van der Waals surface area contributed by atoms with Gasteiger partial charge in [0.15, 0.2) is 12.4 Å². The van der Waals surface area contributed by atoms with Gasteiger partial charge in [-0.3, -0.25) is 4.79 Å². The second-order valence-electron chi connectivity index (χ2n) is 5.00. The number of esters is 1. The highest BCUT2D eigenvalue weighted by Gasteiger charge is 2.14. The summed E-state index contributed by atoms with van der Waals surface area (Å²) in [4.78, 5) is 23.9. The average Bonchev–Trinajstić information content (AvgIpc) is 2.47. The number of carbonyl (C=O) groups excluding carboxylic acids is 2. The first-order valence-corrected chi connectivity index (χ1v) is 6.84. The Labute approximate surface area is 124 Å². The molecule has 0 fully saturated rings. The van der Waals surface area contributed by atoms with Gasteiger partial charge < -0.3 is 4.74 Å². The van der Waals surface area contributed by atoms with E-state index in [9.17, 15) is 9.59 Å². The first-order chi connectivity index (χ1) is 10.1. The third-order valence-electron chi connectivity index (χ3n) is 2.89. The molecule has 2 rings (SSSR count). The van der Waals surface area contributed by atoms with Gasteiger partial charge in [-0.1, -0.05) is 18.2 Å². The van der Waals surface area contributed by atoms with Crippen LogP contribution >= 0.6 is 0 Å². The number of nitrogens with zero attached hydrogens (tertiary/aromatic N) is 1. The van der Waals surface area contributed by atoms with Crippen molar-refractivity contribution in [2.24, 2.45) is 0 Å². The molecule has 0 atom stereocenters. The first-order valence-electron chi connectivity index (χ1n) is 6.84. The van der Waals surface area contributed by atoms with Crippen molar-refractivity contribution in [2.45, 2.75) is 26.5 Å². The zero-order valence-corrected chi connectivity index (χ0v) is 12.2. The standard InChI is InChI=1S/C17H18NO3/c1-13(2)21-17(20)15-8-6-14(7-9-15)16(19)12-18-10-4-3-5-11-18/h3-11,13H,12H2,1-2H3/q+1. The quantitative estimate of drug-likeness (QED) is 0.481. The molecule has 0 aliphatic carbocycles. The SMILES string of the molecule is CC(C)OC(=O)c1ccc(C(=O)C[n+]2ccccc2)cc1. The summed E-state index contributed by atoms with van der Waals surface area (Å²) in [7, 11) is 0. The van der Waals surface area contributed by atoms with E-state index in [0.717, 1.165) is 0 Å². The van der Waals surface area contributed by atoms with Crippen molar-refractivity contribution in [2.75, 3.05) is 0 Å². The Morgan fingerprint density at radius 1 is 1.00 bits per heavy atom. The fraction of sp³-hybridized carbons (Fsp3) is 0.235. The van der Waals surface area contributed by atoms with Gasteiger partial charge in [0.1, 0.15) is 0 Å². The van der Waals surface area contributed by atoms with Crippen LogP contribution in [0.1, 0.15) is 34.6 Å². The van der Waals surface area contributed by atoms with Gasteiger partial charge in [0.25, 0.3) is 0 Å². The van der Waals surface area contributed by atoms with Gasteiger partial charge in [-0.2, -0.15) is 4.57 Å². The molecule has 0 aliphatic rings. The Morgan fingerprint density at radius 3 is 2.14 bits per heavy atom. The molecule has 0 bridgehead atoms. The summed E-state index contributed by atoms with van der Waals surface area (Å²) in [5.41, 5.74) is 1.03. The van der Waals surface area contributed by atoms with Crippen molar-refractivity contribution >= 4 is 11.8 Å². The predicted molar refractivity (Wildman–Crippen MR) is 78.0 cm³/mol. The summed E-state index contributed by atoms with van der Waals surface area (Å²) >= 11 is 0. The number of Topliss-reactive ketones (excluding diaryl/α,β-unsaturated/α-hetero) is 1. The fourth-order valence-corrected chi connectivity index (χ4v) is 1.87. The molecular weight excluding hydrogens is 266 g/mol. The zero-order valence-electron chi connectivity index (χ0n) is 12.2. The number of benzene rings is 1. The van der Waals surface area contributed by atoms with E-state index in [4.69, 9.17) is 4.74 Å². The molecule has 1 aromatic heterocycles. The molecule has 0 amide bonds. The maximum Gasteiger partial charge on any atom is 0.338 e. The number of hydrogen-bond acceptors (Lipinski definition) is 3. The summed E-state index contributed by atoms with van der Waals surface area (Å²) in [5, 5.41) is 0. The number of ketones is 1. The predicted octanol–water partition coefficient (Wildman–Crippen LogP) is 2.42. The molecule has 1 heterocycles. The largest absolute Gasteiger partial charge is 0.459 e. The molecule has 1 aromatic carbocycles. The number of pyridine rings is 1. The van der Waals surface area contributed by atoms with Gasteiger partial charge in [-0.05, 0) is 26.0 Å². The van der Waals surface area contributed by atoms with E-state index in [1.54, 1.807) is 38.1 Å². The third kappa shape index (κ3) is 4.24. The van der Waals surface area contributed by atoms with Crippen molar-refractivity contribution in [1.29, 1.82) is 0 Å². The second kappa shape index (κ2) is 6.79. The molecule has 108 valence electrons. The summed E-state index contributed by atoms with van der Waals surface area (Å²) < 4.78 is 6.91.